The molecular weight excluding hydrogens is 208 g/mol. The van der Waals surface area contributed by atoms with Gasteiger partial charge in [-0.25, -0.2) is 0 Å². The second-order valence-corrected chi connectivity index (χ2v) is 4.00. The van der Waals surface area contributed by atoms with Crippen molar-refractivity contribution in [2.24, 2.45) is 0 Å². The van der Waals surface area contributed by atoms with Gasteiger partial charge < -0.3 is 9.26 Å². The standard InChI is InChI=1S/C11H16N2O3/c1-2-3-4-10-12-11(16-13-10)8-7-15-6-5-9(8)14/h8H,2-7H2,1H3. The lowest BCUT2D eigenvalue weighted by atomic mass is 10.0. The zero-order chi connectivity index (χ0) is 11.4. The summed E-state index contributed by atoms with van der Waals surface area (Å²) in [5, 5.41) is 3.87. The average molecular weight is 224 g/mol. The van der Waals surface area contributed by atoms with Gasteiger partial charge in [0.15, 0.2) is 5.82 Å². The number of rotatable bonds is 4. The van der Waals surface area contributed by atoms with Crippen LogP contribution in [0.4, 0.5) is 0 Å². The molecule has 88 valence electrons. The summed E-state index contributed by atoms with van der Waals surface area (Å²) < 4.78 is 10.4. The summed E-state index contributed by atoms with van der Waals surface area (Å²) in [6.07, 6.45) is 3.38. The quantitative estimate of drug-likeness (QED) is 0.775. The monoisotopic (exact) mass is 224 g/mol. The Labute approximate surface area is 94.2 Å². The van der Waals surface area contributed by atoms with Crippen molar-refractivity contribution in [2.75, 3.05) is 13.2 Å². The smallest absolute Gasteiger partial charge is 0.239 e. The topological polar surface area (TPSA) is 65.2 Å². The van der Waals surface area contributed by atoms with Gasteiger partial charge in [0.05, 0.1) is 13.2 Å². The summed E-state index contributed by atoms with van der Waals surface area (Å²) in [5.74, 6) is 0.889. The molecule has 1 aromatic heterocycles. The zero-order valence-electron chi connectivity index (χ0n) is 9.44. The maximum absolute atomic E-state index is 11.6. The molecule has 1 aliphatic rings. The highest BCUT2D eigenvalue weighted by Crippen LogP contribution is 2.21. The minimum atomic E-state index is -0.350. The molecule has 5 heteroatoms. The lowest BCUT2D eigenvalue weighted by molar-refractivity contribution is -0.127. The van der Waals surface area contributed by atoms with Gasteiger partial charge in [0.25, 0.3) is 0 Å². The van der Waals surface area contributed by atoms with E-state index < -0.39 is 0 Å². The van der Waals surface area contributed by atoms with Crippen LogP contribution >= 0.6 is 0 Å². The number of aromatic nitrogens is 2. The van der Waals surface area contributed by atoms with Crippen molar-refractivity contribution in [3.63, 3.8) is 0 Å². The molecule has 2 rings (SSSR count). The Kier molecular flexibility index (Phi) is 3.66. The van der Waals surface area contributed by atoms with E-state index in [0.29, 0.717) is 31.3 Å². The molecule has 0 spiro atoms. The number of hydrogen-bond donors (Lipinski definition) is 0. The van der Waals surface area contributed by atoms with E-state index >= 15 is 0 Å². The van der Waals surface area contributed by atoms with Crippen LogP contribution < -0.4 is 0 Å². The number of carbonyl (C=O) groups is 1. The lowest BCUT2D eigenvalue weighted by Crippen LogP contribution is -2.25. The van der Waals surface area contributed by atoms with Crippen LogP contribution in [-0.4, -0.2) is 29.1 Å². The van der Waals surface area contributed by atoms with Gasteiger partial charge in [0.1, 0.15) is 11.7 Å². The van der Waals surface area contributed by atoms with E-state index in [0.717, 1.165) is 19.3 Å². The summed E-state index contributed by atoms with van der Waals surface area (Å²) in [4.78, 5) is 15.9. The van der Waals surface area contributed by atoms with Crippen molar-refractivity contribution in [3.05, 3.63) is 11.7 Å². The fourth-order valence-electron chi connectivity index (χ4n) is 1.70. The van der Waals surface area contributed by atoms with Crippen molar-refractivity contribution in [2.45, 2.75) is 38.5 Å². The van der Waals surface area contributed by atoms with E-state index in [9.17, 15) is 4.79 Å². The predicted octanol–water partition coefficient (Wildman–Crippen LogP) is 1.49. The third-order valence-corrected chi connectivity index (χ3v) is 2.70. The SMILES string of the molecule is CCCCc1noc(C2COCCC2=O)n1. The van der Waals surface area contributed by atoms with Crippen molar-refractivity contribution < 1.29 is 14.1 Å². The van der Waals surface area contributed by atoms with E-state index in [1.165, 1.54) is 0 Å². The van der Waals surface area contributed by atoms with Crippen LogP contribution in [0.15, 0.2) is 4.52 Å². The molecule has 2 heterocycles. The van der Waals surface area contributed by atoms with Gasteiger partial charge in [-0.2, -0.15) is 4.98 Å². The van der Waals surface area contributed by atoms with Crippen LogP contribution in [-0.2, 0) is 16.0 Å². The van der Waals surface area contributed by atoms with Crippen LogP contribution in [0, 0.1) is 0 Å². The highest BCUT2D eigenvalue weighted by molar-refractivity contribution is 5.85. The zero-order valence-corrected chi connectivity index (χ0v) is 9.44. The Hall–Kier alpha value is -1.23. The normalized spacial score (nSPS) is 21.3. The van der Waals surface area contributed by atoms with Gasteiger partial charge >= 0.3 is 0 Å². The predicted molar refractivity (Wildman–Crippen MR) is 56.1 cm³/mol. The third-order valence-electron chi connectivity index (χ3n) is 2.70. The summed E-state index contributed by atoms with van der Waals surface area (Å²) >= 11 is 0. The first kappa shape index (κ1) is 11.3. The molecule has 5 nitrogen and oxygen atoms in total. The van der Waals surface area contributed by atoms with Crippen molar-refractivity contribution >= 4 is 5.78 Å². The van der Waals surface area contributed by atoms with Gasteiger partial charge in [0, 0.05) is 12.8 Å². The number of hydrogen-bond acceptors (Lipinski definition) is 5. The van der Waals surface area contributed by atoms with E-state index in [2.05, 4.69) is 17.1 Å². The molecule has 1 aliphatic heterocycles. The van der Waals surface area contributed by atoms with Crippen LogP contribution in [0.25, 0.3) is 0 Å². The number of Topliss-reactive ketones (excluding diaryl/α,β-unsaturated/α-hetero) is 1. The molecule has 0 N–H and O–H groups in total. The fourth-order valence-corrected chi connectivity index (χ4v) is 1.70. The van der Waals surface area contributed by atoms with Crippen molar-refractivity contribution in [3.8, 4) is 0 Å². The van der Waals surface area contributed by atoms with Gasteiger partial charge in [0.2, 0.25) is 5.89 Å². The molecule has 0 amide bonds. The Balaban J connectivity index is 2.02. The molecule has 1 unspecified atom stereocenters. The Bertz CT molecular complexity index is 362. The van der Waals surface area contributed by atoms with Crippen LogP contribution in [0.3, 0.4) is 0 Å². The molecule has 1 saturated heterocycles. The van der Waals surface area contributed by atoms with E-state index in [4.69, 9.17) is 9.26 Å². The first-order valence-electron chi connectivity index (χ1n) is 5.74. The lowest BCUT2D eigenvalue weighted by Gasteiger charge is -2.16. The van der Waals surface area contributed by atoms with Gasteiger partial charge in [-0.05, 0) is 6.42 Å². The van der Waals surface area contributed by atoms with E-state index in [1.807, 2.05) is 0 Å². The minimum absolute atomic E-state index is 0.136. The first-order chi connectivity index (χ1) is 7.81. The van der Waals surface area contributed by atoms with Crippen molar-refractivity contribution in [1.82, 2.24) is 10.1 Å². The van der Waals surface area contributed by atoms with E-state index in [-0.39, 0.29) is 11.7 Å². The number of ketones is 1. The fraction of sp³-hybridized carbons (Fsp3) is 0.727. The van der Waals surface area contributed by atoms with E-state index in [1.54, 1.807) is 0 Å². The number of unbranched alkanes of at least 4 members (excludes halogenated alkanes) is 1. The van der Waals surface area contributed by atoms with Gasteiger partial charge in [-0.1, -0.05) is 18.5 Å². The molecule has 0 aliphatic carbocycles. The second-order valence-electron chi connectivity index (χ2n) is 4.00. The van der Waals surface area contributed by atoms with Crippen LogP contribution in [0.2, 0.25) is 0 Å². The Morgan fingerprint density at radius 1 is 1.50 bits per heavy atom. The highest BCUT2D eigenvalue weighted by atomic mass is 16.5. The Morgan fingerprint density at radius 3 is 3.12 bits per heavy atom. The average Bonchev–Trinajstić information content (AvgIpc) is 2.75. The van der Waals surface area contributed by atoms with Crippen molar-refractivity contribution in [1.29, 1.82) is 0 Å². The molecule has 16 heavy (non-hydrogen) atoms. The molecule has 0 radical (unpaired) electrons. The maximum atomic E-state index is 11.6. The largest absolute Gasteiger partial charge is 0.380 e. The van der Waals surface area contributed by atoms with Gasteiger partial charge in [-0.15, -0.1) is 0 Å². The molecule has 0 saturated carbocycles. The number of ether oxygens (including phenoxy) is 1. The molecule has 1 aromatic rings. The third kappa shape index (κ3) is 2.47. The molecule has 1 atom stereocenters. The summed E-state index contributed by atoms with van der Waals surface area (Å²) in [6, 6.07) is 0. The van der Waals surface area contributed by atoms with Crippen LogP contribution in [0.1, 0.15) is 43.8 Å². The summed E-state index contributed by atoms with van der Waals surface area (Å²) in [7, 11) is 0. The summed E-state index contributed by atoms with van der Waals surface area (Å²) in [6.45, 7) is 2.99. The molecule has 0 aromatic carbocycles. The van der Waals surface area contributed by atoms with Crippen LogP contribution in [0.5, 0.6) is 0 Å². The highest BCUT2D eigenvalue weighted by Gasteiger charge is 2.29. The number of aryl methyl sites for hydroxylation is 1. The Morgan fingerprint density at radius 2 is 2.38 bits per heavy atom. The number of nitrogens with zero attached hydrogens (tertiary/aromatic N) is 2. The summed E-state index contributed by atoms with van der Waals surface area (Å²) in [5.41, 5.74) is 0. The number of carbonyl (C=O) groups excluding carboxylic acids is 1. The molecule has 0 bridgehead atoms. The molecular formula is C11H16N2O3. The minimum Gasteiger partial charge on any atom is -0.380 e. The van der Waals surface area contributed by atoms with Gasteiger partial charge in [-0.3, -0.25) is 4.79 Å². The molecule has 1 fully saturated rings. The first-order valence-corrected chi connectivity index (χ1v) is 5.74. The maximum Gasteiger partial charge on any atom is 0.239 e. The second kappa shape index (κ2) is 5.21.